The van der Waals surface area contributed by atoms with E-state index in [4.69, 9.17) is 21.7 Å². The molecule has 1 aromatic rings. The molecule has 3 rings (SSSR count). The monoisotopic (exact) mass is 420 g/mol. The molecule has 29 heavy (non-hydrogen) atoms. The van der Waals surface area contributed by atoms with Crippen LogP contribution in [0.4, 0.5) is 5.69 Å². The lowest BCUT2D eigenvalue weighted by molar-refractivity contribution is -0.130. The van der Waals surface area contributed by atoms with Crippen LogP contribution in [-0.2, 0) is 14.3 Å². The Bertz CT molecular complexity index is 737. The van der Waals surface area contributed by atoms with Crippen LogP contribution in [-0.4, -0.2) is 90.7 Å². The highest BCUT2D eigenvalue weighted by Crippen LogP contribution is 2.21. The van der Waals surface area contributed by atoms with Crippen LogP contribution in [0.5, 0.6) is 5.75 Å². The molecule has 8 nitrogen and oxygen atoms in total. The van der Waals surface area contributed by atoms with E-state index in [1.54, 1.807) is 31.3 Å². The first-order valence-corrected chi connectivity index (χ1v) is 10.3. The van der Waals surface area contributed by atoms with Crippen molar-refractivity contribution >= 4 is 34.8 Å². The lowest BCUT2D eigenvalue weighted by Crippen LogP contribution is -2.45. The summed E-state index contributed by atoms with van der Waals surface area (Å²) < 4.78 is 10.8. The van der Waals surface area contributed by atoms with E-state index in [0.29, 0.717) is 24.0 Å². The molecule has 158 valence electrons. The molecule has 1 N–H and O–H groups in total. The summed E-state index contributed by atoms with van der Waals surface area (Å²) in [7, 11) is 1.66. The highest BCUT2D eigenvalue weighted by atomic mass is 32.1. The second-order valence-corrected chi connectivity index (χ2v) is 7.42. The molecular formula is C20H28N4O4S. The topological polar surface area (TPSA) is 74.4 Å². The summed E-state index contributed by atoms with van der Waals surface area (Å²) in [6.07, 6.45) is 0.0552. The van der Waals surface area contributed by atoms with Gasteiger partial charge in [-0.25, -0.2) is 0 Å². The number of carbonyl (C=O) groups excluding carboxylic acids is 2. The fraction of sp³-hybridized carbons (Fsp3) is 0.550. The van der Waals surface area contributed by atoms with Crippen LogP contribution in [0.25, 0.3) is 0 Å². The quantitative estimate of drug-likeness (QED) is 0.633. The third kappa shape index (κ3) is 5.43. The van der Waals surface area contributed by atoms with Gasteiger partial charge in [-0.15, -0.1) is 0 Å². The predicted octanol–water partition coefficient (Wildman–Crippen LogP) is 1.17. The Morgan fingerprint density at radius 1 is 1.24 bits per heavy atom. The lowest BCUT2D eigenvalue weighted by atomic mass is 10.1. The molecule has 2 saturated heterocycles. The zero-order valence-electron chi connectivity index (χ0n) is 16.9. The lowest BCUT2D eigenvalue weighted by Gasteiger charge is -2.30. The van der Waals surface area contributed by atoms with Gasteiger partial charge in [0, 0.05) is 38.9 Å². The third-order valence-corrected chi connectivity index (χ3v) is 5.62. The van der Waals surface area contributed by atoms with Gasteiger partial charge in [0.15, 0.2) is 5.11 Å². The second-order valence-electron chi connectivity index (χ2n) is 7.05. The molecule has 9 heteroatoms. The average Bonchev–Trinajstić information content (AvgIpc) is 2.92. The molecule has 0 aromatic heterocycles. The van der Waals surface area contributed by atoms with Gasteiger partial charge in [-0.1, -0.05) is 0 Å². The number of rotatable bonds is 8. The molecule has 0 saturated carbocycles. The van der Waals surface area contributed by atoms with Crippen molar-refractivity contribution in [3.63, 3.8) is 0 Å². The van der Waals surface area contributed by atoms with E-state index < -0.39 is 6.04 Å². The molecule has 1 aromatic carbocycles. The molecule has 0 unspecified atom stereocenters. The molecule has 1 atom stereocenters. The van der Waals surface area contributed by atoms with Crippen LogP contribution >= 0.6 is 12.2 Å². The van der Waals surface area contributed by atoms with Crippen LogP contribution in [0, 0.1) is 0 Å². The molecule has 0 bridgehead atoms. The summed E-state index contributed by atoms with van der Waals surface area (Å²) in [5, 5.41) is 3.33. The number of thiocarbonyl (C=S) groups is 1. The molecule has 2 aliphatic rings. The minimum atomic E-state index is -0.573. The first-order chi connectivity index (χ1) is 14.0. The number of hydrogen-bond acceptors (Lipinski definition) is 6. The van der Waals surface area contributed by atoms with Gasteiger partial charge in [-0.2, -0.15) is 0 Å². The van der Waals surface area contributed by atoms with Crippen molar-refractivity contribution in [2.24, 2.45) is 0 Å². The normalized spacial score (nSPS) is 20.3. The molecular weight excluding hydrogens is 392 g/mol. The smallest absolute Gasteiger partial charge is 0.251 e. The zero-order chi connectivity index (χ0) is 20.8. The van der Waals surface area contributed by atoms with Gasteiger partial charge in [0.25, 0.3) is 5.91 Å². The number of amides is 2. The van der Waals surface area contributed by atoms with E-state index in [1.807, 2.05) is 11.8 Å². The number of ether oxygens (including phenoxy) is 2. The zero-order valence-corrected chi connectivity index (χ0v) is 17.7. The number of nitrogens with zero attached hydrogens (tertiary/aromatic N) is 3. The highest BCUT2D eigenvalue weighted by molar-refractivity contribution is 7.80. The van der Waals surface area contributed by atoms with Gasteiger partial charge in [0.1, 0.15) is 11.8 Å². The van der Waals surface area contributed by atoms with Crippen molar-refractivity contribution in [3.05, 3.63) is 24.3 Å². The van der Waals surface area contributed by atoms with E-state index in [-0.39, 0.29) is 18.2 Å². The van der Waals surface area contributed by atoms with Gasteiger partial charge in [0.2, 0.25) is 5.91 Å². The van der Waals surface area contributed by atoms with E-state index in [9.17, 15) is 9.59 Å². The maximum absolute atomic E-state index is 12.6. The first-order valence-electron chi connectivity index (χ1n) is 9.90. The number of likely N-dealkylation sites (N-methyl/N-ethyl adjacent to an activating group) is 1. The summed E-state index contributed by atoms with van der Waals surface area (Å²) in [4.78, 5) is 30.8. The number of morpholine rings is 1. The molecule has 2 amide bonds. The maximum Gasteiger partial charge on any atom is 0.251 e. The van der Waals surface area contributed by atoms with Gasteiger partial charge in [0.05, 0.1) is 26.2 Å². The first kappa shape index (κ1) is 21.5. The Balaban J connectivity index is 1.58. The van der Waals surface area contributed by atoms with E-state index >= 15 is 0 Å². The van der Waals surface area contributed by atoms with E-state index in [0.717, 1.165) is 38.6 Å². The minimum Gasteiger partial charge on any atom is -0.494 e. The van der Waals surface area contributed by atoms with Gasteiger partial charge < -0.3 is 19.7 Å². The predicted molar refractivity (Wildman–Crippen MR) is 114 cm³/mol. The van der Waals surface area contributed by atoms with E-state index in [2.05, 4.69) is 10.2 Å². The summed E-state index contributed by atoms with van der Waals surface area (Å²) in [6, 6.07) is 6.60. The van der Waals surface area contributed by atoms with Gasteiger partial charge >= 0.3 is 0 Å². The molecule has 0 spiro atoms. The summed E-state index contributed by atoms with van der Waals surface area (Å²) in [5.74, 6) is 0.388. The number of benzene rings is 1. The fourth-order valence-corrected chi connectivity index (χ4v) is 3.80. The van der Waals surface area contributed by atoms with Crippen LogP contribution < -0.4 is 10.1 Å². The fourth-order valence-electron chi connectivity index (χ4n) is 3.49. The van der Waals surface area contributed by atoms with Crippen LogP contribution in [0.2, 0.25) is 0 Å². The summed E-state index contributed by atoms with van der Waals surface area (Å²) in [6.45, 7) is 7.07. The molecule has 0 radical (unpaired) electrons. The number of anilines is 1. The summed E-state index contributed by atoms with van der Waals surface area (Å²) >= 11 is 5.45. The Morgan fingerprint density at radius 2 is 1.93 bits per heavy atom. The van der Waals surface area contributed by atoms with Crippen molar-refractivity contribution in [3.8, 4) is 5.75 Å². The van der Waals surface area contributed by atoms with Crippen molar-refractivity contribution in [2.75, 3.05) is 58.4 Å². The van der Waals surface area contributed by atoms with Gasteiger partial charge in [-0.05, 0) is 43.4 Å². The Morgan fingerprint density at radius 3 is 2.59 bits per heavy atom. The second kappa shape index (κ2) is 10.00. The largest absolute Gasteiger partial charge is 0.494 e. The SMILES string of the molecule is CCOc1ccc(NC(=O)C[C@@H]2C(=O)N(C)C(=S)N2CCN2CCOCC2)cc1. The molecule has 2 heterocycles. The van der Waals surface area contributed by atoms with Gasteiger partial charge in [-0.3, -0.25) is 19.4 Å². The number of hydrogen-bond donors (Lipinski definition) is 1. The average molecular weight is 421 g/mol. The molecule has 2 aliphatic heterocycles. The third-order valence-electron chi connectivity index (χ3n) is 5.11. The van der Waals surface area contributed by atoms with Crippen molar-refractivity contribution < 1.29 is 19.1 Å². The Labute approximate surface area is 176 Å². The minimum absolute atomic E-state index is 0.0552. The number of nitrogens with one attached hydrogen (secondary N) is 1. The number of carbonyl (C=O) groups is 2. The van der Waals surface area contributed by atoms with Crippen molar-refractivity contribution in [2.45, 2.75) is 19.4 Å². The molecule has 0 aliphatic carbocycles. The Hall–Kier alpha value is -2.23. The Kier molecular flexibility index (Phi) is 7.40. The summed E-state index contributed by atoms with van der Waals surface area (Å²) in [5.41, 5.74) is 0.666. The van der Waals surface area contributed by atoms with Crippen molar-refractivity contribution in [1.82, 2.24) is 14.7 Å². The van der Waals surface area contributed by atoms with Crippen LogP contribution in [0.15, 0.2) is 24.3 Å². The van der Waals surface area contributed by atoms with E-state index in [1.165, 1.54) is 4.90 Å². The van der Waals surface area contributed by atoms with Crippen molar-refractivity contribution in [1.29, 1.82) is 0 Å². The standard InChI is InChI=1S/C20H28N4O4S/c1-3-28-16-6-4-15(5-7-16)21-18(25)14-17-19(26)22(2)20(29)24(17)9-8-23-10-12-27-13-11-23/h4-7,17H,3,8-14H2,1-2H3,(H,21,25)/t17-/m1/s1. The molecule has 2 fully saturated rings. The highest BCUT2D eigenvalue weighted by Gasteiger charge is 2.41. The van der Waals surface area contributed by atoms with Crippen LogP contribution in [0.1, 0.15) is 13.3 Å². The van der Waals surface area contributed by atoms with Crippen LogP contribution in [0.3, 0.4) is 0 Å². The maximum atomic E-state index is 12.6.